The fraction of sp³-hybridized carbons (Fsp3) is 0.579. The Morgan fingerprint density at radius 1 is 1.23 bits per heavy atom. The Morgan fingerprint density at radius 3 is 2.81 bits per heavy atom. The number of hydrogen-bond donors (Lipinski definition) is 1. The molecule has 1 aliphatic heterocycles. The lowest BCUT2D eigenvalue weighted by molar-refractivity contribution is -0.127. The lowest BCUT2D eigenvalue weighted by Crippen LogP contribution is -2.43. The van der Waals surface area contributed by atoms with Gasteiger partial charge in [-0.2, -0.15) is 0 Å². The molecule has 2 aromatic heterocycles. The molecule has 1 amide bonds. The average molecular weight is 356 g/mol. The summed E-state index contributed by atoms with van der Waals surface area (Å²) in [5.74, 6) is 0.582. The van der Waals surface area contributed by atoms with Crippen molar-refractivity contribution in [2.24, 2.45) is 0 Å². The maximum absolute atomic E-state index is 13.0. The van der Waals surface area contributed by atoms with Gasteiger partial charge in [-0.15, -0.1) is 0 Å². The molecule has 0 radical (unpaired) electrons. The van der Waals surface area contributed by atoms with Gasteiger partial charge < -0.3 is 5.32 Å². The van der Waals surface area contributed by atoms with E-state index in [1.54, 1.807) is 29.5 Å². The summed E-state index contributed by atoms with van der Waals surface area (Å²) in [7, 11) is 0. The van der Waals surface area contributed by atoms with Gasteiger partial charge in [-0.05, 0) is 38.4 Å². The molecule has 3 heterocycles. The number of unbranched alkanes of at least 4 members (excludes halogenated alkanes) is 2. The molecule has 7 heteroatoms. The molecule has 1 saturated heterocycles. The summed E-state index contributed by atoms with van der Waals surface area (Å²) in [4.78, 5) is 28.3. The molecule has 0 spiro atoms. The maximum Gasteiger partial charge on any atom is 0.243 e. The molecular weight excluding hydrogens is 328 g/mol. The molecule has 0 aliphatic carbocycles. The van der Waals surface area contributed by atoms with E-state index in [9.17, 15) is 4.79 Å². The number of amides is 1. The Bertz CT molecular complexity index is 681. The fourth-order valence-electron chi connectivity index (χ4n) is 3.36. The summed E-state index contributed by atoms with van der Waals surface area (Å²) in [5.41, 5.74) is 0.749. The summed E-state index contributed by atoms with van der Waals surface area (Å²) in [5, 5.41) is 3.11. The van der Waals surface area contributed by atoms with Crippen molar-refractivity contribution in [2.45, 2.75) is 51.5 Å². The van der Waals surface area contributed by atoms with Crippen molar-refractivity contribution in [1.29, 1.82) is 0 Å². The zero-order valence-electron chi connectivity index (χ0n) is 15.5. The molecule has 1 unspecified atom stereocenters. The molecule has 0 bridgehead atoms. The summed E-state index contributed by atoms with van der Waals surface area (Å²) in [6.07, 6.45) is 13.7. The van der Waals surface area contributed by atoms with Crippen molar-refractivity contribution in [3.8, 4) is 5.95 Å². The number of likely N-dealkylation sites (tertiary alicyclic amines) is 1. The van der Waals surface area contributed by atoms with Crippen molar-refractivity contribution in [3.05, 3.63) is 36.7 Å². The third-order valence-electron chi connectivity index (χ3n) is 4.76. The Morgan fingerprint density at radius 2 is 2.08 bits per heavy atom. The molecule has 2 aromatic rings. The van der Waals surface area contributed by atoms with Crippen LogP contribution in [0.3, 0.4) is 0 Å². The van der Waals surface area contributed by atoms with Gasteiger partial charge in [0.1, 0.15) is 12.4 Å². The number of rotatable bonds is 8. The van der Waals surface area contributed by atoms with Crippen LogP contribution < -0.4 is 5.32 Å². The van der Waals surface area contributed by atoms with Crippen LogP contribution in [0.4, 0.5) is 0 Å². The SMILES string of the molecule is CCCCCNC(=O)C(c1ccnc(-n2ccnc2)n1)N1CCCCC1. The third kappa shape index (κ3) is 4.66. The first-order valence-corrected chi connectivity index (χ1v) is 9.62. The topological polar surface area (TPSA) is 75.9 Å². The van der Waals surface area contributed by atoms with E-state index >= 15 is 0 Å². The van der Waals surface area contributed by atoms with E-state index in [1.165, 1.54) is 6.42 Å². The molecule has 3 rings (SSSR count). The van der Waals surface area contributed by atoms with Crippen LogP contribution in [0.1, 0.15) is 57.2 Å². The van der Waals surface area contributed by atoms with Crippen LogP contribution in [0, 0.1) is 0 Å². The predicted octanol–water partition coefficient (Wildman–Crippen LogP) is 2.50. The second-order valence-electron chi connectivity index (χ2n) is 6.75. The molecule has 1 aliphatic rings. The first kappa shape index (κ1) is 18.5. The van der Waals surface area contributed by atoms with Crippen LogP contribution in [0.15, 0.2) is 31.0 Å². The normalized spacial score (nSPS) is 16.3. The van der Waals surface area contributed by atoms with Gasteiger partial charge in [-0.1, -0.05) is 26.2 Å². The fourth-order valence-corrected chi connectivity index (χ4v) is 3.36. The average Bonchev–Trinajstić information content (AvgIpc) is 3.22. The molecule has 0 saturated carbocycles. The van der Waals surface area contributed by atoms with Crippen LogP contribution in [-0.2, 0) is 4.79 Å². The highest BCUT2D eigenvalue weighted by Gasteiger charge is 2.30. The second kappa shape index (κ2) is 9.43. The highest BCUT2D eigenvalue weighted by atomic mass is 16.2. The summed E-state index contributed by atoms with van der Waals surface area (Å²) >= 11 is 0. The minimum absolute atomic E-state index is 0.0401. The molecule has 140 valence electrons. The molecule has 1 atom stereocenters. The number of imidazole rings is 1. The van der Waals surface area contributed by atoms with Gasteiger partial charge in [0.25, 0.3) is 0 Å². The maximum atomic E-state index is 13.0. The Kier molecular flexibility index (Phi) is 6.71. The van der Waals surface area contributed by atoms with E-state index in [-0.39, 0.29) is 11.9 Å². The number of piperidine rings is 1. The van der Waals surface area contributed by atoms with Crippen LogP contribution >= 0.6 is 0 Å². The van der Waals surface area contributed by atoms with Gasteiger partial charge in [-0.3, -0.25) is 14.3 Å². The lowest BCUT2D eigenvalue weighted by atomic mass is 10.0. The minimum Gasteiger partial charge on any atom is -0.354 e. The first-order valence-electron chi connectivity index (χ1n) is 9.62. The van der Waals surface area contributed by atoms with Crippen molar-refractivity contribution in [2.75, 3.05) is 19.6 Å². The Labute approximate surface area is 154 Å². The van der Waals surface area contributed by atoms with Gasteiger partial charge >= 0.3 is 0 Å². The first-order chi connectivity index (χ1) is 12.8. The van der Waals surface area contributed by atoms with Gasteiger partial charge in [0, 0.05) is 25.1 Å². The van der Waals surface area contributed by atoms with Gasteiger partial charge in [0.2, 0.25) is 11.9 Å². The zero-order chi connectivity index (χ0) is 18.2. The number of aromatic nitrogens is 4. The van der Waals surface area contributed by atoms with E-state index in [1.807, 2.05) is 6.07 Å². The number of carbonyl (C=O) groups is 1. The van der Waals surface area contributed by atoms with Crippen LogP contribution in [0.25, 0.3) is 5.95 Å². The van der Waals surface area contributed by atoms with Crippen molar-refractivity contribution in [3.63, 3.8) is 0 Å². The molecule has 26 heavy (non-hydrogen) atoms. The van der Waals surface area contributed by atoms with E-state index in [0.717, 1.165) is 57.4 Å². The van der Waals surface area contributed by atoms with Crippen LogP contribution in [0.2, 0.25) is 0 Å². The van der Waals surface area contributed by atoms with Gasteiger partial charge in [-0.25, -0.2) is 15.0 Å². The molecule has 1 N–H and O–H groups in total. The summed E-state index contributed by atoms with van der Waals surface area (Å²) in [6, 6.07) is 1.49. The summed E-state index contributed by atoms with van der Waals surface area (Å²) < 4.78 is 1.76. The third-order valence-corrected chi connectivity index (χ3v) is 4.76. The summed E-state index contributed by atoms with van der Waals surface area (Å²) in [6.45, 7) is 4.74. The largest absolute Gasteiger partial charge is 0.354 e. The molecule has 0 aromatic carbocycles. The van der Waals surface area contributed by atoms with Gasteiger partial charge in [0.05, 0.1) is 5.69 Å². The Balaban J connectivity index is 1.80. The second-order valence-corrected chi connectivity index (χ2v) is 6.75. The number of nitrogens with zero attached hydrogens (tertiary/aromatic N) is 5. The van der Waals surface area contributed by atoms with Crippen molar-refractivity contribution < 1.29 is 4.79 Å². The lowest BCUT2D eigenvalue weighted by Gasteiger charge is -2.33. The standard InChI is InChI=1S/C19H28N6O/c1-2-3-5-9-21-18(26)17(24-12-6-4-7-13-24)16-8-10-22-19(23-16)25-14-11-20-15-25/h8,10-11,14-15,17H,2-7,9,12-13H2,1H3,(H,21,26). The monoisotopic (exact) mass is 356 g/mol. The van der Waals surface area contributed by atoms with Gasteiger partial charge in [0.15, 0.2) is 0 Å². The number of nitrogens with one attached hydrogen (secondary N) is 1. The minimum atomic E-state index is -0.359. The van der Waals surface area contributed by atoms with E-state index in [4.69, 9.17) is 0 Å². The Hall–Kier alpha value is -2.28. The molecule has 7 nitrogen and oxygen atoms in total. The van der Waals surface area contributed by atoms with E-state index in [2.05, 4.69) is 32.1 Å². The zero-order valence-corrected chi connectivity index (χ0v) is 15.5. The molecule has 1 fully saturated rings. The number of hydrogen-bond acceptors (Lipinski definition) is 5. The predicted molar refractivity (Wildman–Crippen MR) is 99.9 cm³/mol. The number of carbonyl (C=O) groups excluding carboxylic acids is 1. The van der Waals surface area contributed by atoms with Crippen molar-refractivity contribution >= 4 is 5.91 Å². The quantitative estimate of drug-likeness (QED) is 0.736. The molecular formula is C19H28N6O. The van der Waals surface area contributed by atoms with Crippen molar-refractivity contribution in [1.82, 2.24) is 29.7 Å². The highest BCUT2D eigenvalue weighted by Crippen LogP contribution is 2.24. The smallest absolute Gasteiger partial charge is 0.243 e. The van der Waals surface area contributed by atoms with Crippen LogP contribution in [-0.4, -0.2) is 50.0 Å². The van der Waals surface area contributed by atoms with E-state index < -0.39 is 0 Å². The highest BCUT2D eigenvalue weighted by molar-refractivity contribution is 5.82. The van der Waals surface area contributed by atoms with Crippen LogP contribution in [0.5, 0.6) is 0 Å². The van der Waals surface area contributed by atoms with E-state index in [0.29, 0.717) is 5.95 Å².